The third kappa shape index (κ3) is 5.07. The lowest BCUT2D eigenvalue weighted by Crippen LogP contribution is -2.00. The molecule has 0 fully saturated rings. The quantitative estimate of drug-likeness (QED) is 0.699. The van der Waals surface area contributed by atoms with Gasteiger partial charge in [0.05, 0.1) is 12.7 Å². The van der Waals surface area contributed by atoms with E-state index in [4.69, 9.17) is 9.84 Å². The molecule has 0 aliphatic rings. The fourth-order valence-corrected chi connectivity index (χ4v) is 1.84. The van der Waals surface area contributed by atoms with Gasteiger partial charge < -0.3 is 14.9 Å². The first kappa shape index (κ1) is 15.0. The first-order valence-electron chi connectivity index (χ1n) is 6.67. The SMILES string of the molecule is Cc1cc([C@H](C)O)ccc1OCCCCCCO. The lowest BCUT2D eigenvalue weighted by Gasteiger charge is -2.11. The van der Waals surface area contributed by atoms with Gasteiger partial charge in [-0.3, -0.25) is 0 Å². The molecular weight excluding hydrogens is 228 g/mol. The summed E-state index contributed by atoms with van der Waals surface area (Å²) in [7, 11) is 0. The van der Waals surface area contributed by atoms with E-state index in [1.807, 2.05) is 25.1 Å². The van der Waals surface area contributed by atoms with Crippen molar-refractivity contribution in [1.29, 1.82) is 0 Å². The van der Waals surface area contributed by atoms with E-state index in [-0.39, 0.29) is 6.61 Å². The molecule has 0 radical (unpaired) electrons. The zero-order valence-electron chi connectivity index (χ0n) is 11.4. The Labute approximate surface area is 109 Å². The topological polar surface area (TPSA) is 49.7 Å². The Morgan fingerprint density at radius 2 is 1.89 bits per heavy atom. The highest BCUT2D eigenvalue weighted by Gasteiger charge is 2.04. The van der Waals surface area contributed by atoms with Gasteiger partial charge >= 0.3 is 0 Å². The van der Waals surface area contributed by atoms with Gasteiger partial charge in [0.25, 0.3) is 0 Å². The molecule has 3 heteroatoms. The minimum Gasteiger partial charge on any atom is -0.493 e. The molecule has 0 saturated carbocycles. The largest absolute Gasteiger partial charge is 0.493 e. The zero-order chi connectivity index (χ0) is 13.4. The maximum atomic E-state index is 9.47. The van der Waals surface area contributed by atoms with E-state index in [0.29, 0.717) is 6.61 Å². The molecule has 2 N–H and O–H groups in total. The molecule has 0 heterocycles. The van der Waals surface area contributed by atoms with Crippen molar-refractivity contribution in [2.24, 2.45) is 0 Å². The number of aliphatic hydroxyl groups is 2. The van der Waals surface area contributed by atoms with Gasteiger partial charge in [-0.15, -0.1) is 0 Å². The van der Waals surface area contributed by atoms with Gasteiger partial charge in [-0.25, -0.2) is 0 Å². The molecule has 0 saturated heterocycles. The van der Waals surface area contributed by atoms with E-state index < -0.39 is 6.10 Å². The molecule has 1 atom stereocenters. The van der Waals surface area contributed by atoms with Crippen molar-refractivity contribution in [1.82, 2.24) is 0 Å². The van der Waals surface area contributed by atoms with E-state index >= 15 is 0 Å². The van der Waals surface area contributed by atoms with Crippen LogP contribution in [0.15, 0.2) is 18.2 Å². The minimum absolute atomic E-state index is 0.279. The monoisotopic (exact) mass is 252 g/mol. The average Bonchev–Trinajstić information content (AvgIpc) is 2.35. The predicted octanol–water partition coefficient (Wildman–Crippen LogP) is 2.98. The van der Waals surface area contributed by atoms with Crippen LogP contribution in [0.5, 0.6) is 5.75 Å². The van der Waals surface area contributed by atoms with Gasteiger partial charge in [0, 0.05) is 6.61 Å². The molecule has 0 aromatic heterocycles. The highest BCUT2D eigenvalue weighted by atomic mass is 16.5. The molecule has 0 bridgehead atoms. The Balaban J connectivity index is 2.34. The molecule has 3 nitrogen and oxygen atoms in total. The number of aliphatic hydroxyl groups excluding tert-OH is 2. The van der Waals surface area contributed by atoms with Gasteiger partial charge in [0.1, 0.15) is 5.75 Å². The summed E-state index contributed by atoms with van der Waals surface area (Å²) >= 11 is 0. The summed E-state index contributed by atoms with van der Waals surface area (Å²) in [6.45, 7) is 4.74. The normalized spacial score (nSPS) is 12.4. The van der Waals surface area contributed by atoms with Crippen LogP contribution >= 0.6 is 0 Å². The number of benzene rings is 1. The van der Waals surface area contributed by atoms with E-state index in [9.17, 15) is 5.11 Å². The summed E-state index contributed by atoms with van der Waals surface area (Å²) in [5.74, 6) is 0.890. The Bertz CT molecular complexity index is 348. The lowest BCUT2D eigenvalue weighted by molar-refractivity contribution is 0.199. The van der Waals surface area contributed by atoms with Crippen molar-refractivity contribution in [3.05, 3.63) is 29.3 Å². The zero-order valence-corrected chi connectivity index (χ0v) is 11.4. The number of hydrogen-bond acceptors (Lipinski definition) is 3. The molecule has 0 unspecified atom stereocenters. The van der Waals surface area contributed by atoms with Crippen LogP contribution < -0.4 is 4.74 Å². The standard InChI is InChI=1S/C15H24O3/c1-12-11-14(13(2)17)7-8-15(12)18-10-6-4-3-5-9-16/h7-8,11,13,16-17H,3-6,9-10H2,1-2H3/t13-/m0/s1. The average molecular weight is 252 g/mol. The molecule has 102 valence electrons. The summed E-state index contributed by atoms with van der Waals surface area (Å²) in [5, 5.41) is 18.1. The number of unbranched alkanes of at least 4 members (excludes halogenated alkanes) is 3. The first-order valence-corrected chi connectivity index (χ1v) is 6.67. The fraction of sp³-hybridized carbons (Fsp3) is 0.600. The van der Waals surface area contributed by atoms with E-state index in [1.165, 1.54) is 0 Å². The highest BCUT2D eigenvalue weighted by molar-refractivity contribution is 5.36. The third-order valence-electron chi connectivity index (χ3n) is 2.99. The second-order valence-electron chi connectivity index (χ2n) is 4.69. The van der Waals surface area contributed by atoms with E-state index in [2.05, 4.69) is 0 Å². The van der Waals surface area contributed by atoms with Gasteiger partial charge in [-0.1, -0.05) is 12.5 Å². The Morgan fingerprint density at radius 1 is 1.17 bits per heavy atom. The second-order valence-corrected chi connectivity index (χ2v) is 4.69. The Morgan fingerprint density at radius 3 is 2.50 bits per heavy atom. The van der Waals surface area contributed by atoms with Crippen LogP contribution in [0, 0.1) is 6.92 Å². The molecule has 1 rings (SSSR count). The molecule has 0 aliphatic heterocycles. The summed E-state index contributed by atoms with van der Waals surface area (Å²) in [4.78, 5) is 0. The minimum atomic E-state index is -0.434. The van der Waals surface area contributed by atoms with Gasteiger partial charge in [-0.2, -0.15) is 0 Å². The Hall–Kier alpha value is -1.06. The summed E-state index contributed by atoms with van der Waals surface area (Å²) in [6.07, 6.45) is 3.60. The lowest BCUT2D eigenvalue weighted by atomic mass is 10.1. The first-order chi connectivity index (χ1) is 8.65. The van der Waals surface area contributed by atoms with Crippen molar-refractivity contribution in [2.75, 3.05) is 13.2 Å². The van der Waals surface area contributed by atoms with Gasteiger partial charge in [0.15, 0.2) is 0 Å². The van der Waals surface area contributed by atoms with Crippen molar-refractivity contribution in [3.8, 4) is 5.75 Å². The predicted molar refractivity (Wildman–Crippen MR) is 72.9 cm³/mol. The number of rotatable bonds is 8. The van der Waals surface area contributed by atoms with Gasteiger partial charge in [-0.05, 0) is 56.4 Å². The second kappa shape index (κ2) is 8.11. The van der Waals surface area contributed by atoms with E-state index in [1.54, 1.807) is 6.92 Å². The Kier molecular flexibility index (Phi) is 6.76. The third-order valence-corrected chi connectivity index (χ3v) is 2.99. The molecule has 0 aliphatic carbocycles. The number of hydrogen-bond donors (Lipinski definition) is 2. The summed E-state index contributed by atoms with van der Waals surface area (Å²) < 4.78 is 5.71. The maximum absolute atomic E-state index is 9.47. The molecule has 18 heavy (non-hydrogen) atoms. The van der Waals surface area contributed by atoms with Crippen molar-refractivity contribution in [3.63, 3.8) is 0 Å². The van der Waals surface area contributed by atoms with Crippen LogP contribution in [-0.2, 0) is 0 Å². The molecule has 0 amide bonds. The van der Waals surface area contributed by atoms with Crippen LogP contribution in [0.3, 0.4) is 0 Å². The molecule has 1 aromatic carbocycles. The van der Waals surface area contributed by atoms with Crippen molar-refractivity contribution in [2.45, 2.75) is 45.6 Å². The number of ether oxygens (including phenoxy) is 1. The summed E-state index contributed by atoms with van der Waals surface area (Å²) in [5.41, 5.74) is 1.98. The highest BCUT2D eigenvalue weighted by Crippen LogP contribution is 2.22. The van der Waals surface area contributed by atoms with Crippen LogP contribution in [0.1, 0.15) is 49.8 Å². The van der Waals surface area contributed by atoms with Crippen LogP contribution in [0.4, 0.5) is 0 Å². The summed E-state index contributed by atoms with van der Waals surface area (Å²) in [6, 6.07) is 5.79. The fourth-order valence-electron chi connectivity index (χ4n) is 1.84. The number of aryl methyl sites for hydroxylation is 1. The molecule has 0 spiro atoms. The van der Waals surface area contributed by atoms with Crippen LogP contribution in [0.2, 0.25) is 0 Å². The van der Waals surface area contributed by atoms with Crippen LogP contribution in [-0.4, -0.2) is 23.4 Å². The van der Waals surface area contributed by atoms with Gasteiger partial charge in [0.2, 0.25) is 0 Å². The van der Waals surface area contributed by atoms with E-state index in [0.717, 1.165) is 42.6 Å². The van der Waals surface area contributed by atoms with Crippen molar-refractivity contribution >= 4 is 0 Å². The molecular formula is C15H24O3. The molecule has 1 aromatic rings. The van der Waals surface area contributed by atoms with Crippen molar-refractivity contribution < 1.29 is 14.9 Å². The smallest absolute Gasteiger partial charge is 0.122 e. The maximum Gasteiger partial charge on any atom is 0.122 e. The van der Waals surface area contributed by atoms with Crippen LogP contribution in [0.25, 0.3) is 0 Å².